The Morgan fingerprint density at radius 2 is 1.87 bits per heavy atom. The Morgan fingerprint density at radius 1 is 1.17 bits per heavy atom. The van der Waals surface area contributed by atoms with Crippen LogP contribution in [0.3, 0.4) is 0 Å². The number of hydrogen-bond acceptors (Lipinski definition) is 4. The van der Waals surface area contributed by atoms with Crippen LogP contribution in [0, 0.1) is 5.92 Å². The Hall–Kier alpha value is -3.02. The second kappa shape index (κ2) is 8.78. The number of methoxy groups -OCH3 is 1. The summed E-state index contributed by atoms with van der Waals surface area (Å²) >= 11 is 0. The van der Waals surface area contributed by atoms with Gasteiger partial charge in [-0.3, -0.25) is 9.59 Å². The first-order valence-corrected chi connectivity index (χ1v) is 10.3. The number of anilines is 2. The molecule has 0 aliphatic carbocycles. The molecule has 1 aliphatic heterocycles. The van der Waals surface area contributed by atoms with Gasteiger partial charge in [0.15, 0.2) is 0 Å². The molecule has 2 aromatic rings. The van der Waals surface area contributed by atoms with Gasteiger partial charge in [-0.2, -0.15) is 0 Å². The van der Waals surface area contributed by atoms with Crippen LogP contribution in [0.15, 0.2) is 42.5 Å². The predicted octanol–water partition coefficient (Wildman–Crippen LogP) is 4.38. The van der Waals surface area contributed by atoms with Gasteiger partial charge in [-0.25, -0.2) is 0 Å². The van der Waals surface area contributed by atoms with Crippen molar-refractivity contribution in [1.82, 2.24) is 0 Å². The van der Waals surface area contributed by atoms with E-state index in [-0.39, 0.29) is 23.7 Å². The lowest BCUT2D eigenvalue weighted by Gasteiger charge is -2.22. The molecule has 0 spiro atoms. The smallest absolute Gasteiger partial charge is 0.229 e. The van der Waals surface area contributed by atoms with Crippen molar-refractivity contribution in [3.63, 3.8) is 0 Å². The lowest BCUT2D eigenvalue weighted by Crippen LogP contribution is -2.28. The molecule has 1 aliphatic rings. The maximum absolute atomic E-state index is 12.9. The molecule has 0 unspecified atom stereocenters. The molecular formula is C24H30N2O4. The monoisotopic (exact) mass is 410 g/mol. The zero-order chi connectivity index (χ0) is 21.9. The van der Waals surface area contributed by atoms with Crippen LogP contribution in [0.5, 0.6) is 11.5 Å². The lowest BCUT2D eigenvalue weighted by atomic mass is 9.86. The third-order valence-electron chi connectivity index (χ3n) is 5.28. The standard InChI is InChI=1S/C24H30N2O4/c1-6-30-19-10-8-18(9-11-19)26-15-16(13-22(26)27)23(28)25-20-14-17(24(2,3)4)7-12-21(20)29-5/h7-12,14,16H,6,13,15H2,1-5H3,(H,25,28)/t16-/m0/s1. The van der Waals surface area contributed by atoms with Gasteiger partial charge < -0.3 is 19.7 Å². The highest BCUT2D eigenvalue weighted by atomic mass is 16.5. The second-order valence-electron chi connectivity index (χ2n) is 8.49. The van der Waals surface area contributed by atoms with E-state index >= 15 is 0 Å². The van der Waals surface area contributed by atoms with Gasteiger partial charge in [0.1, 0.15) is 11.5 Å². The topological polar surface area (TPSA) is 67.9 Å². The Bertz CT molecular complexity index is 916. The zero-order valence-corrected chi connectivity index (χ0v) is 18.3. The first-order valence-electron chi connectivity index (χ1n) is 10.3. The molecule has 3 rings (SSSR count). The number of carbonyl (C=O) groups excluding carboxylic acids is 2. The van der Waals surface area contributed by atoms with Crippen LogP contribution in [-0.2, 0) is 15.0 Å². The lowest BCUT2D eigenvalue weighted by molar-refractivity contribution is -0.122. The molecule has 0 radical (unpaired) electrons. The van der Waals surface area contributed by atoms with Crippen molar-refractivity contribution >= 4 is 23.2 Å². The van der Waals surface area contributed by atoms with Crippen molar-refractivity contribution < 1.29 is 19.1 Å². The molecule has 6 nitrogen and oxygen atoms in total. The molecule has 0 aromatic heterocycles. The van der Waals surface area contributed by atoms with Crippen molar-refractivity contribution in [3.05, 3.63) is 48.0 Å². The highest BCUT2D eigenvalue weighted by Gasteiger charge is 2.35. The van der Waals surface area contributed by atoms with Gasteiger partial charge in [-0.05, 0) is 54.3 Å². The molecule has 0 saturated carbocycles. The largest absolute Gasteiger partial charge is 0.495 e. The second-order valence-corrected chi connectivity index (χ2v) is 8.49. The molecule has 0 bridgehead atoms. The Kier molecular flexibility index (Phi) is 6.34. The highest BCUT2D eigenvalue weighted by molar-refractivity contribution is 6.04. The van der Waals surface area contributed by atoms with Crippen LogP contribution in [0.4, 0.5) is 11.4 Å². The average molecular weight is 411 g/mol. The number of benzene rings is 2. The number of nitrogens with zero attached hydrogens (tertiary/aromatic N) is 1. The van der Waals surface area contributed by atoms with Crippen LogP contribution >= 0.6 is 0 Å². The van der Waals surface area contributed by atoms with E-state index in [1.807, 2.05) is 49.4 Å². The summed E-state index contributed by atoms with van der Waals surface area (Å²) in [6.07, 6.45) is 0.181. The quantitative estimate of drug-likeness (QED) is 0.767. The van der Waals surface area contributed by atoms with Crippen molar-refractivity contribution in [2.45, 2.75) is 39.5 Å². The first kappa shape index (κ1) is 21.7. The summed E-state index contributed by atoms with van der Waals surface area (Å²) in [7, 11) is 1.58. The van der Waals surface area contributed by atoms with E-state index in [1.54, 1.807) is 12.0 Å². The first-order chi connectivity index (χ1) is 14.2. The summed E-state index contributed by atoms with van der Waals surface area (Å²) in [5.74, 6) is 0.694. The van der Waals surface area contributed by atoms with Gasteiger partial charge in [-0.15, -0.1) is 0 Å². The maximum Gasteiger partial charge on any atom is 0.229 e. The zero-order valence-electron chi connectivity index (χ0n) is 18.3. The van der Waals surface area contributed by atoms with E-state index in [9.17, 15) is 9.59 Å². The van der Waals surface area contributed by atoms with E-state index < -0.39 is 5.92 Å². The van der Waals surface area contributed by atoms with Crippen LogP contribution < -0.4 is 19.7 Å². The molecule has 2 aromatic carbocycles. The van der Waals surface area contributed by atoms with Gasteiger partial charge in [0, 0.05) is 18.7 Å². The molecule has 1 saturated heterocycles. The average Bonchev–Trinajstić information content (AvgIpc) is 3.10. The van der Waals surface area contributed by atoms with E-state index in [1.165, 1.54) is 0 Å². The number of hydrogen-bond donors (Lipinski definition) is 1. The number of rotatable bonds is 6. The van der Waals surface area contributed by atoms with Crippen LogP contribution in [0.25, 0.3) is 0 Å². The Balaban J connectivity index is 1.73. The van der Waals surface area contributed by atoms with Gasteiger partial charge >= 0.3 is 0 Å². The van der Waals surface area contributed by atoms with Crippen molar-refractivity contribution in [2.24, 2.45) is 5.92 Å². The van der Waals surface area contributed by atoms with E-state index in [2.05, 4.69) is 26.1 Å². The minimum atomic E-state index is -0.424. The molecule has 2 amide bonds. The van der Waals surface area contributed by atoms with Crippen LogP contribution in [-0.4, -0.2) is 32.1 Å². The third-order valence-corrected chi connectivity index (χ3v) is 5.28. The minimum Gasteiger partial charge on any atom is -0.495 e. The molecule has 30 heavy (non-hydrogen) atoms. The summed E-state index contributed by atoms with van der Waals surface area (Å²) in [6, 6.07) is 13.2. The van der Waals surface area contributed by atoms with Gasteiger partial charge in [0.25, 0.3) is 0 Å². The van der Waals surface area contributed by atoms with E-state index in [0.717, 1.165) is 17.0 Å². The van der Waals surface area contributed by atoms with Crippen LogP contribution in [0.1, 0.15) is 39.7 Å². The molecule has 1 heterocycles. The molecule has 160 valence electrons. The highest BCUT2D eigenvalue weighted by Crippen LogP contribution is 2.33. The molecule has 6 heteroatoms. The summed E-state index contributed by atoms with van der Waals surface area (Å²) in [5, 5.41) is 2.97. The fourth-order valence-corrected chi connectivity index (χ4v) is 3.53. The summed E-state index contributed by atoms with van der Waals surface area (Å²) < 4.78 is 10.9. The summed E-state index contributed by atoms with van der Waals surface area (Å²) in [5.41, 5.74) is 2.43. The summed E-state index contributed by atoms with van der Waals surface area (Å²) in [4.78, 5) is 27.1. The Morgan fingerprint density at radius 3 is 2.47 bits per heavy atom. The van der Waals surface area contributed by atoms with Gasteiger partial charge in [-0.1, -0.05) is 26.8 Å². The number of ether oxygens (including phenoxy) is 2. The van der Waals surface area contributed by atoms with E-state index in [4.69, 9.17) is 9.47 Å². The fraction of sp³-hybridized carbons (Fsp3) is 0.417. The number of nitrogens with one attached hydrogen (secondary N) is 1. The SMILES string of the molecule is CCOc1ccc(N2C[C@@H](C(=O)Nc3cc(C(C)(C)C)ccc3OC)CC2=O)cc1. The number of carbonyl (C=O) groups is 2. The van der Waals surface area contributed by atoms with E-state index in [0.29, 0.717) is 24.6 Å². The number of amides is 2. The molecule has 1 atom stereocenters. The minimum absolute atomic E-state index is 0.0560. The molecular weight excluding hydrogens is 380 g/mol. The summed E-state index contributed by atoms with van der Waals surface area (Å²) in [6.45, 7) is 9.21. The maximum atomic E-state index is 12.9. The molecule has 1 fully saturated rings. The van der Waals surface area contributed by atoms with Crippen molar-refractivity contribution in [3.8, 4) is 11.5 Å². The van der Waals surface area contributed by atoms with Crippen molar-refractivity contribution in [2.75, 3.05) is 30.5 Å². The predicted molar refractivity (Wildman–Crippen MR) is 118 cm³/mol. The van der Waals surface area contributed by atoms with Gasteiger partial charge in [0.2, 0.25) is 11.8 Å². The van der Waals surface area contributed by atoms with Crippen molar-refractivity contribution in [1.29, 1.82) is 0 Å². The van der Waals surface area contributed by atoms with Crippen LogP contribution in [0.2, 0.25) is 0 Å². The molecule has 1 N–H and O–H groups in total. The normalized spacial score (nSPS) is 16.5. The third kappa shape index (κ3) is 4.75. The Labute approximate surface area is 178 Å². The van der Waals surface area contributed by atoms with Gasteiger partial charge in [0.05, 0.1) is 25.3 Å². The fourth-order valence-electron chi connectivity index (χ4n) is 3.53.